The highest BCUT2D eigenvalue weighted by Crippen LogP contribution is 2.40. The molecule has 0 N–H and O–H groups in total. The van der Waals surface area contributed by atoms with Gasteiger partial charge in [0.25, 0.3) is 0 Å². The number of aryl methyl sites for hydroxylation is 1. The molecule has 0 aromatic heterocycles. The minimum absolute atomic E-state index is 1.15. The fourth-order valence-corrected chi connectivity index (χ4v) is 6.11. The molecule has 0 spiro atoms. The van der Waals surface area contributed by atoms with Crippen LogP contribution >= 0.6 is 11.1 Å². The van der Waals surface area contributed by atoms with E-state index in [-0.39, 0.29) is 0 Å². The molecule has 0 atom stereocenters. The Morgan fingerprint density at radius 2 is 1.75 bits per heavy atom. The Bertz CT molecular complexity index is 306. The molecule has 88 valence electrons. The molecule has 0 nitrogen and oxygen atoms in total. The van der Waals surface area contributed by atoms with Crippen molar-refractivity contribution < 1.29 is 0 Å². The van der Waals surface area contributed by atoms with E-state index in [1.165, 1.54) is 55.8 Å². The maximum absolute atomic E-state index is 6.54. The second-order valence-corrected chi connectivity index (χ2v) is 11.3. The van der Waals surface area contributed by atoms with Crippen LogP contribution < -0.4 is 0 Å². The van der Waals surface area contributed by atoms with Gasteiger partial charge in [-0.3, -0.25) is 0 Å². The Hall–Kier alpha value is -0.273. The zero-order valence-corrected chi connectivity index (χ0v) is 11.7. The Kier molecular flexibility index (Phi) is 4.48. The minimum atomic E-state index is -1.15. The quantitative estimate of drug-likeness (QED) is 0.380. The van der Waals surface area contributed by atoms with Crippen molar-refractivity contribution in [2.24, 2.45) is 0 Å². The summed E-state index contributed by atoms with van der Waals surface area (Å²) in [7, 11) is -1.15. The molecule has 1 aromatic rings. The van der Waals surface area contributed by atoms with E-state index < -0.39 is 7.38 Å². The lowest BCUT2D eigenvalue weighted by Gasteiger charge is -2.33. The second kappa shape index (κ2) is 5.88. The number of halogens is 1. The molecular formula is C14H21ClSi. The first-order chi connectivity index (χ1) is 7.79. The first-order valence-electron chi connectivity index (χ1n) is 6.51. The van der Waals surface area contributed by atoms with Crippen molar-refractivity contribution in [1.29, 1.82) is 0 Å². The van der Waals surface area contributed by atoms with E-state index in [9.17, 15) is 0 Å². The third-order valence-electron chi connectivity index (χ3n) is 3.68. The lowest BCUT2D eigenvalue weighted by Crippen LogP contribution is -2.34. The van der Waals surface area contributed by atoms with Crippen molar-refractivity contribution in [3.8, 4) is 0 Å². The summed E-state index contributed by atoms with van der Waals surface area (Å²) < 4.78 is 0. The smallest absolute Gasteiger partial charge is 0.156 e. The summed E-state index contributed by atoms with van der Waals surface area (Å²) in [6, 6.07) is 14.9. The summed E-state index contributed by atoms with van der Waals surface area (Å²) in [5.41, 5.74) is 1.48. The lowest BCUT2D eigenvalue weighted by molar-refractivity contribution is 0.704. The van der Waals surface area contributed by atoms with E-state index in [1.807, 2.05) is 0 Å². The monoisotopic (exact) mass is 252 g/mol. The predicted octanol–water partition coefficient (Wildman–Crippen LogP) is 4.99. The summed E-state index contributed by atoms with van der Waals surface area (Å²) in [6.45, 7) is 0. The highest BCUT2D eigenvalue weighted by Gasteiger charge is 2.36. The van der Waals surface area contributed by atoms with Gasteiger partial charge in [-0.25, -0.2) is 0 Å². The first-order valence-corrected chi connectivity index (χ1v) is 10.1. The maximum Gasteiger partial charge on any atom is 0.156 e. The molecule has 1 fully saturated rings. The van der Waals surface area contributed by atoms with Gasteiger partial charge in [-0.15, -0.1) is 0 Å². The molecule has 0 radical (unpaired) electrons. The molecule has 0 saturated carbocycles. The van der Waals surface area contributed by atoms with Crippen LogP contribution in [0.2, 0.25) is 18.1 Å². The van der Waals surface area contributed by atoms with Crippen molar-refractivity contribution in [1.82, 2.24) is 0 Å². The van der Waals surface area contributed by atoms with Crippen LogP contribution in [0.25, 0.3) is 0 Å². The number of hydrogen-bond acceptors (Lipinski definition) is 0. The molecule has 1 heterocycles. The number of rotatable bonds is 6. The maximum atomic E-state index is 6.54. The van der Waals surface area contributed by atoms with Gasteiger partial charge in [0.05, 0.1) is 0 Å². The summed E-state index contributed by atoms with van der Waals surface area (Å²) in [5.74, 6) is 0. The van der Waals surface area contributed by atoms with Crippen LogP contribution in [0, 0.1) is 0 Å². The molecule has 2 rings (SSSR count). The third kappa shape index (κ3) is 3.64. The normalized spacial score (nSPS) is 18.1. The Labute approximate surface area is 105 Å². The van der Waals surface area contributed by atoms with Crippen LogP contribution in [-0.4, -0.2) is 7.38 Å². The fourth-order valence-electron chi connectivity index (χ4n) is 2.40. The molecule has 1 aromatic carbocycles. The van der Waals surface area contributed by atoms with Crippen LogP contribution in [0.1, 0.15) is 31.2 Å². The van der Waals surface area contributed by atoms with Gasteiger partial charge in [-0.05, 0) is 36.5 Å². The SMILES string of the molecule is Cl[Si]1(CCCCCc2ccccc2)CCC1. The summed E-state index contributed by atoms with van der Waals surface area (Å²) in [5, 5.41) is 0. The third-order valence-corrected chi connectivity index (χ3v) is 9.13. The van der Waals surface area contributed by atoms with Gasteiger partial charge >= 0.3 is 0 Å². The highest BCUT2D eigenvalue weighted by atomic mass is 35.6. The topological polar surface area (TPSA) is 0 Å². The Balaban J connectivity index is 1.55. The van der Waals surface area contributed by atoms with Crippen molar-refractivity contribution >= 4 is 18.5 Å². The predicted molar refractivity (Wildman–Crippen MR) is 74.6 cm³/mol. The molecule has 1 aliphatic heterocycles. The van der Waals surface area contributed by atoms with E-state index >= 15 is 0 Å². The van der Waals surface area contributed by atoms with Gasteiger partial charge in [0.15, 0.2) is 7.38 Å². The Morgan fingerprint density at radius 3 is 2.38 bits per heavy atom. The summed E-state index contributed by atoms with van der Waals surface area (Å²) >= 11 is 6.54. The van der Waals surface area contributed by atoms with E-state index in [4.69, 9.17) is 11.1 Å². The zero-order chi connectivity index (χ0) is 11.3. The van der Waals surface area contributed by atoms with Crippen molar-refractivity contribution in [3.63, 3.8) is 0 Å². The average Bonchev–Trinajstić information content (AvgIpc) is 2.28. The van der Waals surface area contributed by atoms with Crippen LogP contribution in [0.15, 0.2) is 30.3 Å². The van der Waals surface area contributed by atoms with Gasteiger partial charge in [-0.1, -0.05) is 49.6 Å². The van der Waals surface area contributed by atoms with Gasteiger partial charge in [0.1, 0.15) is 0 Å². The molecule has 1 aliphatic rings. The molecule has 0 bridgehead atoms. The molecule has 0 aliphatic carbocycles. The number of unbranched alkanes of at least 4 members (excludes halogenated alkanes) is 2. The van der Waals surface area contributed by atoms with E-state index in [2.05, 4.69) is 30.3 Å². The standard InChI is InChI=1S/C14H21ClSi/c15-16(12-7-13-16)11-6-2-5-10-14-8-3-1-4-9-14/h1,3-4,8-9H,2,5-7,10-13H2. The van der Waals surface area contributed by atoms with Gasteiger partial charge in [0, 0.05) is 0 Å². The highest BCUT2D eigenvalue weighted by molar-refractivity contribution is 7.21. The van der Waals surface area contributed by atoms with Crippen LogP contribution in [0.4, 0.5) is 0 Å². The van der Waals surface area contributed by atoms with Gasteiger partial charge in [-0.2, -0.15) is 11.1 Å². The van der Waals surface area contributed by atoms with Gasteiger partial charge < -0.3 is 0 Å². The van der Waals surface area contributed by atoms with E-state index in [0.717, 1.165) is 0 Å². The lowest BCUT2D eigenvalue weighted by atomic mass is 10.1. The van der Waals surface area contributed by atoms with Crippen LogP contribution in [-0.2, 0) is 6.42 Å². The van der Waals surface area contributed by atoms with Crippen LogP contribution in [0.3, 0.4) is 0 Å². The molecule has 0 unspecified atom stereocenters. The molecule has 1 saturated heterocycles. The first kappa shape index (κ1) is 12.2. The second-order valence-electron chi connectivity index (χ2n) is 5.05. The van der Waals surface area contributed by atoms with E-state index in [1.54, 1.807) is 0 Å². The zero-order valence-electron chi connectivity index (χ0n) is 9.92. The fraction of sp³-hybridized carbons (Fsp3) is 0.571. The molecular weight excluding hydrogens is 232 g/mol. The minimum Gasteiger partial charge on any atom is -0.167 e. The summed E-state index contributed by atoms with van der Waals surface area (Å²) in [4.78, 5) is 0. The largest absolute Gasteiger partial charge is 0.167 e. The Morgan fingerprint density at radius 1 is 1.00 bits per heavy atom. The number of benzene rings is 1. The molecule has 16 heavy (non-hydrogen) atoms. The number of hydrogen-bond donors (Lipinski definition) is 0. The van der Waals surface area contributed by atoms with E-state index in [0.29, 0.717) is 0 Å². The van der Waals surface area contributed by atoms with Crippen molar-refractivity contribution in [2.45, 2.75) is 50.2 Å². The average molecular weight is 253 g/mol. The van der Waals surface area contributed by atoms with Crippen LogP contribution in [0.5, 0.6) is 0 Å². The molecule has 2 heteroatoms. The van der Waals surface area contributed by atoms with Crippen molar-refractivity contribution in [2.75, 3.05) is 0 Å². The van der Waals surface area contributed by atoms with Crippen molar-refractivity contribution in [3.05, 3.63) is 35.9 Å². The summed E-state index contributed by atoms with van der Waals surface area (Å²) in [6.07, 6.45) is 6.68. The van der Waals surface area contributed by atoms with Gasteiger partial charge in [0.2, 0.25) is 0 Å². The molecule has 0 amide bonds.